The second-order valence-corrected chi connectivity index (χ2v) is 5.39. The average molecular weight is 240 g/mol. The first kappa shape index (κ1) is 12.8. The Labute approximate surface area is 103 Å². The summed E-state index contributed by atoms with van der Waals surface area (Å²) in [7, 11) is 1.84. The number of ether oxygens (including phenoxy) is 1. The normalized spacial score (nSPS) is 33.6. The van der Waals surface area contributed by atoms with Gasteiger partial charge in [0.05, 0.1) is 6.10 Å². The summed E-state index contributed by atoms with van der Waals surface area (Å²) in [6, 6.07) is 0. The van der Waals surface area contributed by atoms with Gasteiger partial charge in [-0.3, -0.25) is 4.79 Å². The Kier molecular flexibility index (Phi) is 4.05. The van der Waals surface area contributed by atoms with Crippen molar-refractivity contribution in [1.82, 2.24) is 5.32 Å². The van der Waals surface area contributed by atoms with Gasteiger partial charge in [0, 0.05) is 6.61 Å². The van der Waals surface area contributed by atoms with Crippen LogP contribution in [0.3, 0.4) is 0 Å². The van der Waals surface area contributed by atoms with Gasteiger partial charge in [0.25, 0.3) is 0 Å². The van der Waals surface area contributed by atoms with E-state index in [0.29, 0.717) is 12.0 Å². The summed E-state index contributed by atoms with van der Waals surface area (Å²) in [6.07, 6.45) is 8.17. The fourth-order valence-electron chi connectivity index (χ4n) is 3.16. The van der Waals surface area contributed by atoms with Crippen LogP contribution in [-0.2, 0) is 9.53 Å². The summed E-state index contributed by atoms with van der Waals surface area (Å²) < 4.78 is 5.78. The van der Waals surface area contributed by atoms with E-state index in [4.69, 9.17) is 10.5 Å². The summed E-state index contributed by atoms with van der Waals surface area (Å²) in [5.41, 5.74) is 5.08. The fraction of sp³-hybridized carbons (Fsp3) is 0.923. The van der Waals surface area contributed by atoms with Crippen molar-refractivity contribution in [2.24, 2.45) is 11.7 Å². The molecule has 2 aliphatic rings. The molecule has 4 heteroatoms. The molecule has 2 aliphatic carbocycles. The minimum atomic E-state index is -0.483. The molecule has 2 rings (SSSR count). The van der Waals surface area contributed by atoms with Crippen LogP contribution in [0.4, 0.5) is 0 Å². The van der Waals surface area contributed by atoms with Gasteiger partial charge in [0.15, 0.2) is 0 Å². The molecule has 2 unspecified atom stereocenters. The molecule has 0 aromatic rings. The third-order valence-corrected chi connectivity index (χ3v) is 4.58. The van der Waals surface area contributed by atoms with E-state index in [9.17, 15) is 4.79 Å². The molecular formula is C13H24N2O2. The molecule has 17 heavy (non-hydrogen) atoms. The van der Waals surface area contributed by atoms with Crippen LogP contribution in [0.1, 0.15) is 44.9 Å². The molecule has 0 heterocycles. The van der Waals surface area contributed by atoms with Crippen molar-refractivity contribution >= 4 is 5.91 Å². The summed E-state index contributed by atoms with van der Waals surface area (Å²) in [5, 5.41) is 3.16. The Bertz CT molecular complexity index is 279. The number of hydrogen-bond donors (Lipinski definition) is 2. The van der Waals surface area contributed by atoms with E-state index in [2.05, 4.69) is 5.32 Å². The second-order valence-electron chi connectivity index (χ2n) is 5.39. The van der Waals surface area contributed by atoms with Crippen LogP contribution in [0.5, 0.6) is 0 Å². The van der Waals surface area contributed by atoms with Crippen molar-refractivity contribution in [1.29, 1.82) is 0 Å². The minimum absolute atomic E-state index is 0.203. The predicted molar refractivity (Wildman–Crippen MR) is 66.5 cm³/mol. The van der Waals surface area contributed by atoms with Crippen molar-refractivity contribution in [3.63, 3.8) is 0 Å². The Morgan fingerprint density at radius 3 is 2.71 bits per heavy atom. The highest BCUT2D eigenvalue weighted by Crippen LogP contribution is 2.37. The van der Waals surface area contributed by atoms with Gasteiger partial charge in [-0.25, -0.2) is 0 Å². The third kappa shape index (κ3) is 2.47. The molecule has 0 aromatic heterocycles. The van der Waals surface area contributed by atoms with Gasteiger partial charge >= 0.3 is 0 Å². The molecule has 0 spiro atoms. The van der Waals surface area contributed by atoms with Crippen molar-refractivity contribution in [2.45, 2.75) is 56.6 Å². The van der Waals surface area contributed by atoms with Crippen molar-refractivity contribution in [3.8, 4) is 0 Å². The zero-order chi connectivity index (χ0) is 12.3. The SMILES string of the molecule is CNC1(C(N)=O)CCCC1CCOC1CCC1. The molecule has 0 aromatic carbocycles. The summed E-state index contributed by atoms with van der Waals surface area (Å²) >= 11 is 0. The largest absolute Gasteiger partial charge is 0.378 e. The zero-order valence-electron chi connectivity index (χ0n) is 10.7. The van der Waals surface area contributed by atoms with E-state index < -0.39 is 5.54 Å². The van der Waals surface area contributed by atoms with E-state index in [-0.39, 0.29) is 5.91 Å². The number of nitrogens with one attached hydrogen (secondary N) is 1. The van der Waals surface area contributed by atoms with Crippen molar-refractivity contribution in [3.05, 3.63) is 0 Å². The van der Waals surface area contributed by atoms with Crippen LogP contribution >= 0.6 is 0 Å². The lowest BCUT2D eigenvalue weighted by atomic mass is 9.84. The molecule has 2 atom stereocenters. The molecule has 2 saturated carbocycles. The Morgan fingerprint density at radius 1 is 1.41 bits per heavy atom. The van der Waals surface area contributed by atoms with Crippen LogP contribution < -0.4 is 11.1 Å². The van der Waals surface area contributed by atoms with Gasteiger partial charge in [-0.1, -0.05) is 6.42 Å². The summed E-state index contributed by atoms with van der Waals surface area (Å²) in [5.74, 6) is 0.135. The first-order chi connectivity index (χ1) is 8.19. The molecular weight excluding hydrogens is 216 g/mol. The number of carbonyl (C=O) groups is 1. The number of amides is 1. The number of nitrogens with two attached hydrogens (primary N) is 1. The maximum Gasteiger partial charge on any atom is 0.238 e. The van der Waals surface area contributed by atoms with E-state index in [1.165, 1.54) is 19.3 Å². The van der Waals surface area contributed by atoms with Gasteiger partial charge in [0.2, 0.25) is 5.91 Å². The standard InChI is InChI=1S/C13H24N2O2/c1-15-13(12(14)16)8-3-4-10(13)7-9-17-11-5-2-6-11/h10-11,15H,2-9H2,1H3,(H2,14,16). The van der Waals surface area contributed by atoms with E-state index in [1.54, 1.807) is 0 Å². The predicted octanol–water partition coefficient (Wildman–Crippen LogP) is 1.19. The number of primary amides is 1. The van der Waals surface area contributed by atoms with Gasteiger partial charge < -0.3 is 15.8 Å². The molecule has 0 aliphatic heterocycles. The Balaban J connectivity index is 1.83. The number of likely N-dealkylation sites (N-methyl/N-ethyl adjacent to an activating group) is 1. The van der Waals surface area contributed by atoms with Crippen LogP contribution in [-0.4, -0.2) is 31.2 Å². The molecule has 2 fully saturated rings. The van der Waals surface area contributed by atoms with Crippen molar-refractivity contribution in [2.75, 3.05) is 13.7 Å². The smallest absolute Gasteiger partial charge is 0.238 e. The maximum absolute atomic E-state index is 11.6. The Hall–Kier alpha value is -0.610. The lowest BCUT2D eigenvalue weighted by Crippen LogP contribution is -2.56. The summed E-state index contributed by atoms with van der Waals surface area (Å²) in [6.45, 7) is 0.770. The minimum Gasteiger partial charge on any atom is -0.378 e. The highest BCUT2D eigenvalue weighted by Gasteiger charge is 2.46. The zero-order valence-corrected chi connectivity index (χ0v) is 10.7. The average Bonchev–Trinajstić information content (AvgIpc) is 2.66. The number of carbonyl (C=O) groups excluding carboxylic acids is 1. The van der Waals surface area contributed by atoms with Gasteiger partial charge in [-0.15, -0.1) is 0 Å². The molecule has 0 saturated heterocycles. The molecule has 0 radical (unpaired) electrons. The third-order valence-electron chi connectivity index (χ3n) is 4.58. The van der Waals surface area contributed by atoms with Crippen LogP contribution in [0.15, 0.2) is 0 Å². The quantitative estimate of drug-likeness (QED) is 0.733. The topological polar surface area (TPSA) is 64.3 Å². The Morgan fingerprint density at radius 2 is 2.18 bits per heavy atom. The summed E-state index contributed by atoms with van der Waals surface area (Å²) in [4.78, 5) is 11.6. The number of rotatable bonds is 6. The van der Waals surface area contributed by atoms with Gasteiger partial charge in [0.1, 0.15) is 5.54 Å². The molecule has 1 amide bonds. The lowest BCUT2D eigenvalue weighted by Gasteiger charge is -2.33. The second kappa shape index (κ2) is 5.36. The first-order valence-electron chi connectivity index (χ1n) is 6.79. The highest BCUT2D eigenvalue weighted by atomic mass is 16.5. The van der Waals surface area contributed by atoms with E-state index >= 15 is 0 Å². The van der Waals surface area contributed by atoms with E-state index in [0.717, 1.165) is 32.3 Å². The maximum atomic E-state index is 11.6. The van der Waals surface area contributed by atoms with Crippen molar-refractivity contribution < 1.29 is 9.53 Å². The van der Waals surface area contributed by atoms with E-state index in [1.807, 2.05) is 7.05 Å². The van der Waals surface area contributed by atoms with Crippen LogP contribution in [0.25, 0.3) is 0 Å². The lowest BCUT2D eigenvalue weighted by molar-refractivity contribution is -0.126. The van der Waals surface area contributed by atoms with Gasteiger partial charge in [-0.05, 0) is 51.5 Å². The fourth-order valence-corrected chi connectivity index (χ4v) is 3.16. The monoisotopic (exact) mass is 240 g/mol. The van der Waals surface area contributed by atoms with Crippen LogP contribution in [0, 0.1) is 5.92 Å². The molecule has 3 N–H and O–H groups in total. The molecule has 98 valence electrons. The molecule has 4 nitrogen and oxygen atoms in total. The highest BCUT2D eigenvalue weighted by molar-refractivity contribution is 5.85. The van der Waals surface area contributed by atoms with Gasteiger partial charge in [-0.2, -0.15) is 0 Å². The first-order valence-corrected chi connectivity index (χ1v) is 6.79. The number of hydrogen-bond acceptors (Lipinski definition) is 3. The molecule has 0 bridgehead atoms. The van der Waals surface area contributed by atoms with Crippen LogP contribution in [0.2, 0.25) is 0 Å².